The third-order valence-electron chi connectivity index (χ3n) is 2.04. The van der Waals surface area contributed by atoms with Gasteiger partial charge in [0.2, 0.25) is 0 Å². The van der Waals surface area contributed by atoms with Crippen LogP contribution in [0.1, 0.15) is 13.3 Å². The molecule has 9 heteroatoms. The molecule has 0 saturated carbocycles. The molecular formula is C10H10N4O5. The Morgan fingerprint density at radius 1 is 1.37 bits per heavy atom. The van der Waals surface area contributed by atoms with E-state index in [1.54, 1.807) is 0 Å². The van der Waals surface area contributed by atoms with Crippen molar-refractivity contribution in [1.29, 1.82) is 0 Å². The van der Waals surface area contributed by atoms with Gasteiger partial charge in [-0.1, -0.05) is 0 Å². The summed E-state index contributed by atoms with van der Waals surface area (Å²) < 4.78 is 0. The number of hydrazone groups is 1. The van der Waals surface area contributed by atoms with Crippen LogP contribution in [0.4, 0.5) is 17.1 Å². The van der Waals surface area contributed by atoms with Crippen molar-refractivity contribution < 1.29 is 14.6 Å². The van der Waals surface area contributed by atoms with Gasteiger partial charge in [-0.3, -0.25) is 30.4 Å². The van der Waals surface area contributed by atoms with Gasteiger partial charge in [0.25, 0.3) is 5.69 Å². The van der Waals surface area contributed by atoms with E-state index in [4.69, 9.17) is 0 Å². The number of nitrogens with one attached hydrogen (secondary N) is 1. The molecule has 1 aromatic carbocycles. The minimum Gasteiger partial charge on any atom is -0.300 e. The van der Waals surface area contributed by atoms with Gasteiger partial charge in [-0.2, -0.15) is 5.10 Å². The molecule has 100 valence electrons. The van der Waals surface area contributed by atoms with Crippen LogP contribution in [0.25, 0.3) is 0 Å². The Morgan fingerprint density at radius 2 is 2.05 bits per heavy atom. The smallest absolute Gasteiger partial charge is 0.300 e. The number of non-ortho nitro benzene ring substituents is 1. The zero-order valence-corrected chi connectivity index (χ0v) is 9.90. The topological polar surface area (TPSA) is 128 Å². The molecule has 0 aromatic heterocycles. The molecule has 0 aliphatic rings. The SMILES string of the molecule is CC(=O)C/C=N/Nc1ccc([N+](=O)[O-])cc1[N+](=O)[O-]. The maximum absolute atomic E-state index is 10.8. The summed E-state index contributed by atoms with van der Waals surface area (Å²) in [5.41, 5.74) is 1.53. The highest BCUT2D eigenvalue weighted by Gasteiger charge is 2.18. The molecule has 0 aliphatic heterocycles. The second-order valence-corrected chi connectivity index (χ2v) is 3.55. The molecule has 0 bridgehead atoms. The monoisotopic (exact) mass is 266 g/mol. The maximum Gasteiger partial charge on any atom is 0.301 e. The third-order valence-corrected chi connectivity index (χ3v) is 2.04. The number of rotatable bonds is 6. The number of hydrogen-bond donors (Lipinski definition) is 1. The molecule has 0 aliphatic carbocycles. The highest BCUT2D eigenvalue weighted by atomic mass is 16.6. The number of anilines is 1. The van der Waals surface area contributed by atoms with Crippen molar-refractivity contribution >= 4 is 29.1 Å². The summed E-state index contributed by atoms with van der Waals surface area (Å²) in [5.74, 6) is -0.108. The summed E-state index contributed by atoms with van der Waals surface area (Å²) in [7, 11) is 0. The van der Waals surface area contributed by atoms with Crippen LogP contribution < -0.4 is 5.43 Å². The predicted molar refractivity (Wildman–Crippen MR) is 67.2 cm³/mol. The third kappa shape index (κ3) is 4.15. The molecule has 1 N–H and O–H groups in total. The summed E-state index contributed by atoms with van der Waals surface area (Å²) in [5, 5.41) is 24.9. The van der Waals surface area contributed by atoms with Crippen molar-refractivity contribution in [3.05, 3.63) is 38.4 Å². The van der Waals surface area contributed by atoms with E-state index >= 15 is 0 Å². The van der Waals surface area contributed by atoms with E-state index in [9.17, 15) is 25.0 Å². The largest absolute Gasteiger partial charge is 0.301 e. The van der Waals surface area contributed by atoms with Crippen LogP contribution in [0.3, 0.4) is 0 Å². The summed E-state index contributed by atoms with van der Waals surface area (Å²) in [6, 6.07) is 3.14. The van der Waals surface area contributed by atoms with Crippen molar-refractivity contribution in [3.63, 3.8) is 0 Å². The number of nitrogens with zero attached hydrogens (tertiary/aromatic N) is 3. The van der Waals surface area contributed by atoms with Crippen LogP contribution in [0, 0.1) is 20.2 Å². The molecule has 0 heterocycles. The van der Waals surface area contributed by atoms with Crippen molar-refractivity contribution in [3.8, 4) is 0 Å². The van der Waals surface area contributed by atoms with Crippen LogP contribution >= 0.6 is 0 Å². The van der Waals surface area contributed by atoms with Gasteiger partial charge in [-0.15, -0.1) is 0 Å². The molecule has 0 radical (unpaired) electrons. The van der Waals surface area contributed by atoms with E-state index < -0.39 is 15.5 Å². The van der Waals surface area contributed by atoms with Gasteiger partial charge in [0.05, 0.1) is 15.9 Å². The first kappa shape index (κ1) is 14.2. The lowest BCUT2D eigenvalue weighted by molar-refractivity contribution is -0.393. The van der Waals surface area contributed by atoms with E-state index in [1.165, 1.54) is 19.2 Å². The van der Waals surface area contributed by atoms with Crippen LogP contribution in [-0.4, -0.2) is 21.8 Å². The molecule has 19 heavy (non-hydrogen) atoms. The van der Waals surface area contributed by atoms with Gasteiger partial charge < -0.3 is 0 Å². The lowest BCUT2D eigenvalue weighted by Gasteiger charge is -2.01. The summed E-state index contributed by atoms with van der Waals surface area (Å²) in [6.45, 7) is 1.38. The Hall–Kier alpha value is -2.84. The van der Waals surface area contributed by atoms with Gasteiger partial charge in [0, 0.05) is 18.7 Å². The van der Waals surface area contributed by atoms with Gasteiger partial charge in [-0.25, -0.2) is 0 Å². The lowest BCUT2D eigenvalue weighted by Crippen LogP contribution is -1.99. The van der Waals surface area contributed by atoms with Gasteiger partial charge in [0.1, 0.15) is 11.5 Å². The lowest BCUT2D eigenvalue weighted by atomic mass is 10.2. The Kier molecular flexibility index (Phi) is 4.63. The fraction of sp³-hybridized carbons (Fsp3) is 0.200. The minimum atomic E-state index is -0.754. The van der Waals surface area contributed by atoms with Crippen LogP contribution in [0.2, 0.25) is 0 Å². The zero-order valence-electron chi connectivity index (χ0n) is 9.90. The molecule has 0 amide bonds. The van der Waals surface area contributed by atoms with Crippen molar-refractivity contribution in [2.45, 2.75) is 13.3 Å². The predicted octanol–water partition coefficient (Wildman–Crippen LogP) is 1.88. The molecule has 1 rings (SSSR count). The average molecular weight is 266 g/mol. The zero-order chi connectivity index (χ0) is 14.4. The first-order chi connectivity index (χ1) is 8.91. The van der Waals surface area contributed by atoms with E-state index in [1.807, 2.05) is 0 Å². The van der Waals surface area contributed by atoms with Gasteiger partial charge >= 0.3 is 5.69 Å². The normalized spacial score (nSPS) is 10.4. The molecule has 0 atom stereocenters. The van der Waals surface area contributed by atoms with Crippen molar-refractivity contribution in [2.75, 3.05) is 5.43 Å². The van der Waals surface area contributed by atoms with Gasteiger partial charge in [-0.05, 0) is 13.0 Å². The van der Waals surface area contributed by atoms with Crippen LogP contribution in [0.5, 0.6) is 0 Å². The molecule has 9 nitrogen and oxygen atoms in total. The summed E-state index contributed by atoms with van der Waals surface area (Å²) in [4.78, 5) is 30.5. The molecular weight excluding hydrogens is 256 g/mol. The summed E-state index contributed by atoms with van der Waals surface area (Å²) >= 11 is 0. The number of ketones is 1. The Labute approximate surface area is 107 Å². The van der Waals surface area contributed by atoms with E-state index in [2.05, 4.69) is 10.5 Å². The highest BCUT2D eigenvalue weighted by molar-refractivity contribution is 5.89. The Bertz CT molecular complexity index is 555. The maximum atomic E-state index is 10.8. The van der Waals surface area contributed by atoms with Crippen molar-refractivity contribution in [2.24, 2.45) is 5.10 Å². The number of carbonyl (C=O) groups is 1. The fourth-order valence-electron chi connectivity index (χ4n) is 1.17. The Morgan fingerprint density at radius 3 is 2.58 bits per heavy atom. The van der Waals surface area contributed by atoms with E-state index in [0.29, 0.717) is 0 Å². The number of nitro benzene ring substituents is 2. The van der Waals surface area contributed by atoms with Crippen LogP contribution in [0.15, 0.2) is 23.3 Å². The van der Waals surface area contributed by atoms with Gasteiger partial charge in [0.15, 0.2) is 0 Å². The molecule has 0 unspecified atom stereocenters. The number of benzene rings is 1. The molecule has 0 spiro atoms. The Balaban J connectivity index is 2.94. The number of nitro groups is 2. The molecule has 1 aromatic rings. The minimum absolute atomic E-state index is 0.00963. The quantitative estimate of drug-likeness (QED) is 0.475. The second-order valence-electron chi connectivity index (χ2n) is 3.55. The van der Waals surface area contributed by atoms with Crippen LogP contribution in [-0.2, 0) is 4.79 Å². The first-order valence-electron chi connectivity index (χ1n) is 5.11. The number of carbonyl (C=O) groups excluding carboxylic acids is 1. The second kappa shape index (κ2) is 6.19. The molecule has 0 fully saturated rings. The number of Topliss-reactive ketones (excluding diaryl/α,β-unsaturated/α-hetero) is 1. The summed E-state index contributed by atoms with van der Waals surface area (Å²) in [6.07, 6.45) is 1.35. The highest BCUT2D eigenvalue weighted by Crippen LogP contribution is 2.28. The standard InChI is InChI=1S/C10H10N4O5/c1-7(15)4-5-11-12-9-3-2-8(13(16)17)6-10(9)14(18)19/h2-3,5-6,12H,4H2,1H3/b11-5+. The average Bonchev–Trinajstić information content (AvgIpc) is 2.34. The molecule has 0 saturated heterocycles. The van der Waals surface area contributed by atoms with Crippen molar-refractivity contribution in [1.82, 2.24) is 0 Å². The first-order valence-corrected chi connectivity index (χ1v) is 5.11. The number of hydrogen-bond acceptors (Lipinski definition) is 7. The fourth-order valence-corrected chi connectivity index (χ4v) is 1.17. The van der Waals surface area contributed by atoms with E-state index in [-0.39, 0.29) is 23.6 Å². The van der Waals surface area contributed by atoms with E-state index in [0.717, 1.165) is 12.1 Å².